The zero-order chi connectivity index (χ0) is 23.0. The van der Waals surface area contributed by atoms with Crippen LogP contribution in [0.2, 0.25) is 0 Å². The highest BCUT2D eigenvalue weighted by atomic mass is 16.2. The fourth-order valence-electron chi connectivity index (χ4n) is 3.80. The Bertz CT molecular complexity index is 989. The highest BCUT2D eigenvalue weighted by molar-refractivity contribution is 5.92. The molecule has 0 unspecified atom stereocenters. The Kier molecular flexibility index (Phi) is 9.10. The predicted molar refractivity (Wildman–Crippen MR) is 131 cm³/mol. The Morgan fingerprint density at radius 3 is 2.68 bits per heavy atom. The van der Waals surface area contributed by atoms with E-state index < -0.39 is 0 Å². The van der Waals surface area contributed by atoms with Gasteiger partial charge in [0, 0.05) is 37.2 Å². The molecule has 1 aliphatic heterocycles. The third kappa shape index (κ3) is 6.33. The third-order valence-electron chi connectivity index (χ3n) is 5.43. The van der Waals surface area contributed by atoms with Crippen LogP contribution >= 0.6 is 0 Å². The van der Waals surface area contributed by atoms with Gasteiger partial charge < -0.3 is 9.88 Å². The number of carbonyl (C=O) groups excluding carboxylic acids is 1. The van der Waals surface area contributed by atoms with Crippen LogP contribution in [-0.2, 0) is 7.05 Å². The summed E-state index contributed by atoms with van der Waals surface area (Å²) in [5, 5.41) is 3.13. The lowest BCUT2D eigenvalue weighted by molar-refractivity contribution is 0.230. The highest BCUT2D eigenvalue weighted by Crippen LogP contribution is 2.31. The molecule has 31 heavy (non-hydrogen) atoms. The number of amides is 2. The molecule has 0 saturated carbocycles. The first-order valence-electron chi connectivity index (χ1n) is 11.3. The maximum atomic E-state index is 13.2. The zero-order valence-corrected chi connectivity index (χ0v) is 20.2. The lowest BCUT2D eigenvalue weighted by Crippen LogP contribution is -2.32. The van der Waals surface area contributed by atoms with E-state index in [9.17, 15) is 4.79 Å². The first kappa shape index (κ1) is 24.4. The number of allylic oxidation sites excluding steroid dienone is 7. The Balaban J connectivity index is 2.35. The minimum Gasteiger partial charge on any atom is -0.336 e. The van der Waals surface area contributed by atoms with Crippen LogP contribution < -0.4 is 10.8 Å². The summed E-state index contributed by atoms with van der Waals surface area (Å²) < 4.78 is 1.99. The quantitative estimate of drug-likeness (QED) is 0.569. The SMILES string of the molecule is C\C=C/C(C)=C1/CCN(C(=O)Nc2cc(=N/C(C)=C/CCC)n(C)cc2C)/C1=C/CC. The van der Waals surface area contributed by atoms with Gasteiger partial charge in [0.25, 0.3) is 0 Å². The Hall–Kier alpha value is -2.82. The Morgan fingerprint density at radius 1 is 1.29 bits per heavy atom. The predicted octanol–water partition coefficient (Wildman–Crippen LogP) is 6.36. The fraction of sp³-hybridized carbons (Fsp3) is 0.462. The number of hydrogen-bond acceptors (Lipinski definition) is 2. The Labute approximate surface area is 187 Å². The van der Waals surface area contributed by atoms with Crippen LogP contribution in [0.5, 0.6) is 0 Å². The molecule has 1 saturated heterocycles. The van der Waals surface area contributed by atoms with Crippen molar-refractivity contribution in [3.05, 3.63) is 70.2 Å². The summed E-state index contributed by atoms with van der Waals surface area (Å²) in [5.41, 5.74) is 7.10. The van der Waals surface area contributed by atoms with Gasteiger partial charge >= 0.3 is 6.03 Å². The number of hydrogen-bond donors (Lipinski definition) is 1. The molecule has 0 aliphatic carbocycles. The summed E-state index contributed by atoms with van der Waals surface area (Å²) in [6.07, 6.45) is 14.3. The summed E-state index contributed by atoms with van der Waals surface area (Å²) in [6, 6.07) is 1.86. The Morgan fingerprint density at radius 2 is 2.03 bits per heavy atom. The minimum atomic E-state index is -0.0934. The number of aryl methyl sites for hydroxylation is 2. The van der Waals surface area contributed by atoms with E-state index in [-0.39, 0.29) is 6.03 Å². The maximum Gasteiger partial charge on any atom is 0.326 e. The van der Waals surface area contributed by atoms with Crippen molar-refractivity contribution in [1.29, 1.82) is 0 Å². The number of rotatable bonds is 6. The molecule has 1 aromatic rings. The van der Waals surface area contributed by atoms with Crippen LogP contribution in [0.3, 0.4) is 0 Å². The number of aromatic nitrogens is 1. The molecule has 2 heterocycles. The van der Waals surface area contributed by atoms with Gasteiger partial charge in [0.15, 0.2) is 0 Å². The molecule has 168 valence electrons. The summed E-state index contributed by atoms with van der Waals surface area (Å²) in [6.45, 7) is 13.1. The van der Waals surface area contributed by atoms with Gasteiger partial charge in [0.1, 0.15) is 5.49 Å². The van der Waals surface area contributed by atoms with Gasteiger partial charge in [-0.1, -0.05) is 44.6 Å². The van der Waals surface area contributed by atoms with Gasteiger partial charge in [-0.05, 0) is 63.7 Å². The van der Waals surface area contributed by atoms with Crippen molar-refractivity contribution >= 4 is 11.7 Å². The molecule has 0 spiro atoms. The second-order valence-corrected chi connectivity index (χ2v) is 8.08. The lowest BCUT2D eigenvalue weighted by atomic mass is 10.0. The molecular formula is C26H38N4O. The van der Waals surface area contributed by atoms with Crippen LogP contribution in [0.1, 0.15) is 65.9 Å². The first-order valence-corrected chi connectivity index (χ1v) is 11.3. The third-order valence-corrected chi connectivity index (χ3v) is 5.43. The first-order chi connectivity index (χ1) is 14.8. The van der Waals surface area contributed by atoms with Crippen molar-refractivity contribution in [1.82, 2.24) is 9.47 Å². The van der Waals surface area contributed by atoms with Crippen molar-refractivity contribution in [2.75, 3.05) is 11.9 Å². The van der Waals surface area contributed by atoms with E-state index in [1.54, 1.807) is 0 Å². The van der Waals surface area contributed by atoms with Crippen LogP contribution in [0.4, 0.5) is 10.5 Å². The van der Waals surface area contributed by atoms with E-state index in [1.807, 2.05) is 55.6 Å². The molecule has 5 heteroatoms. The molecule has 1 aliphatic rings. The maximum absolute atomic E-state index is 13.2. The standard InChI is InChI=1S/C26H38N4O/c1-8-11-14-21(6)27-25-17-23(20(5)18-29(25)7)28-26(31)30-16-15-22(19(4)12-9-2)24(30)13-10-3/h9,12-14,17-18H,8,10-11,15-16H2,1-7H3,(H,28,31)/b12-9-,21-14+,22-19-,24-13+,27-25?. The van der Waals surface area contributed by atoms with Crippen molar-refractivity contribution in [3.8, 4) is 0 Å². The summed E-state index contributed by atoms with van der Waals surface area (Å²) in [7, 11) is 1.98. The largest absolute Gasteiger partial charge is 0.336 e. The van der Waals surface area contributed by atoms with Crippen LogP contribution in [0.15, 0.2) is 64.1 Å². The minimum absolute atomic E-state index is 0.0934. The molecule has 2 rings (SSSR count). The monoisotopic (exact) mass is 422 g/mol. The van der Waals surface area contributed by atoms with Crippen molar-refractivity contribution in [2.24, 2.45) is 12.0 Å². The van der Waals surface area contributed by atoms with Gasteiger partial charge in [0.2, 0.25) is 0 Å². The normalized spacial score (nSPS) is 18.4. The number of urea groups is 1. The number of anilines is 1. The van der Waals surface area contributed by atoms with E-state index in [0.29, 0.717) is 6.54 Å². The van der Waals surface area contributed by atoms with Gasteiger partial charge in [-0.2, -0.15) is 0 Å². The van der Waals surface area contributed by atoms with E-state index in [4.69, 9.17) is 4.99 Å². The average molecular weight is 423 g/mol. The topological polar surface area (TPSA) is 49.6 Å². The molecular weight excluding hydrogens is 384 g/mol. The van der Waals surface area contributed by atoms with Gasteiger partial charge in [-0.15, -0.1) is 0 Å². The second kappa shape index (κ2) is 11.5. The number of nitrogens with zero attached hydrogens (tertiary/aromatic N) is 3. The van der Waals surface area contributed by atoms with Crippen LogP contribution in [0, 0.1) is 6.92 Å². The van der Waals surface area contributed by atoms with Gasteiger partial charge in [-0.25, -0.2) is 9.79 Å². The molecule has 0 atom stereocenters. The van der Waals surface area contributed by atoms with Crippen molar-refractivity contribution in [3.63, 3.8) is 0 Å². The van der Waals surface area contributed by atoms with Crippen molar-refractivity contribution < 1.29 is 4.79 Å². The smallest absolute Gasteiger partial charge is 0.326 e. The molecule has 5 nitrogen and oxygen atoms in total. The molecule has 1 N–H and O–H groups in total. The number of unbranched alkanes of at least 4 members (excludes halogenated alkanes) is 1. The highest BCUT2D eigenvalue weighted by Gasteiger charge is 2.28. The number of carbonyl (C=O) groups is 1. The molecule has 0 bridgehead atoms. The van der Waals surface area contributed by atoms with Crippen LogP contribution in [0.25, 0.3) is 0 Å². The summed E-state index contributed by atoms with van der Waals surface area (Å²) >= 11 is 0. The molecule has 0 radical (unpaired) electrons. The fourth-order valence-corrected chi connectivity index (χ4v) is 3.80. The number of likely N-dealkylation sites (tertiary alicyclic amines) is 1. The van der Waals surface area contributed by atoms with Gasteiger partial charge in [0.05, 0.1) is 5.69 Å². The van der Waals surface area contributed by atoms with Gasteiger partial charge in [-0.3, -0.25) is 4.90 Å². The van der Waals surface area contributed by atoms with Crippen molar-refractivity contribution in [2.45, 2.75) is 67.2 Å². The molecule has 1 fully saturated rings. The number of pyridine rings is 1. The molecule has 0 aromatic carbocycles. The second-order valence-electron chi connectivity index (χ2n) is 8.08. The zero-order valence-electron chi connectivity index (χ0n) is 20.2. The number of nitrogens with one attached hydrogen (secondary N) is 1. The average Bonchev–Trinajstić information content (AvgIpc) is 3.14. The van der Waals surface area contributed by atoms with E-state index >= 15 is 0 Å². The van der Waals surface area contributed by atoms with E-state index in [1.165, 1.54) is 11.1 Å². The lowest BCUT2D eigenvalue weighted by Gasteiger charge is -2.20. The molecule has 2 amide bonds. The summed E-state index contributed by atoms with van der Waals surface area (Å²) in [4.78, 5) is 19.8. The van der Waals surface area contributed by atoms with E-state index in [2.05, 4.69) is 44.3 Å². The van der Waals surface area contributed by atoms with Crippen LogP contribution in [-0.4, -0.2) is 22.0 Å². The van der Waals surface area contributed by atoms with E-state index in [0.717, 1.165) is 53.8 Å². The summed E-state index contributed by atoms with van der Waals surface area (Å²) in [5.74, 6) is 0. The molecule has 1 aromatic heterocycles.